The number of amides is 1. The highest BCUT2D eigenvalue weighted by Gasteiger charge is 2.27. The van der Waals surface area contributed by atoms with Crippen LogP contribution in [0.2, 0.25) is 0 Å². The van der Waals surface area contributed by atoms with Gasteiger partial charge in [0.05, 0.1) is 0 Å². The zero-order valence-corrected chi connectivity index (χ0v) is 19.5. The molecule has 0 bridgehead atoms. The second-order valence-electron chi connectivity index (χ2n) is 8.35. The maximum Gasteiger partial charge on any atom is 0.249 e. The zero-order valence-electron chi connectivity index (χ0n) is 18.7. The van der Waals surface area contributed by atoms with E-state index in [0.717, 1.165) is 29.8 Å². The Labute approximate surface area is 202 Å². The highest BCUT2D eigenvalue weighted by atomic mass is 32.2. The van der Waals surface area contributed by atoms with Crippen molar-refractivity contribution in [3.8, 4) is 0 Å². The van der Waals surface area contributed by atoms with Crippen molar-refractivity contribution in [3.05, 3.63) is 95.1 Å². The molecule has 4 rings (SSSR count). The Hall–Kier alpha value is -3.23. The number of hydrogen-bond donors (Lipinski definition) is 3. The first-order valence-electron chi connectivity index (χ1n) is 11.2. The summed E-state index contributed by atoms with van der Waals surface area (Å²) in [5, 5.41) is 7.08. The molecule has 1 aliphatic heterocycles. The Kier molecular flexibility index (Phi) is 7.92. The number of carbonyl (C=O) groups is 2. The summed E-state index contributed by atoms with van der Waals surface area (Å²) in [5.41, 5.74) is 9.43. The molecule has 0 spiro atoms. The Morgan fingerprint density at radius 2 is 1.97 bits per heavy atom. The molecule has 4 N–H and O–H groups in total. The van der Waals surface area contributed by atoms with Gasteiger partial charge in [0.2, 0.25) is 11.0 Å². The highest BCUT2D eigenvalue weighted by Crippen LogP contribution is 2.25. The van der Waals surface area contributed by atoms with E-state index in [0.29, 0.717) is 30.5 Å². The normalized spacial score (nSPS) is 17.4. The van der Waals surface area contributed by atoms with Crippen molar-refractivity contribution in [1.29, 1.82) is 0 Å². The van der Waals surface area contributed by atoms with Crippen molar-refractivity contribution in [1.82, 2.24) is 10.3 Å². The summed E-state index contributed by atoms with van der Waals surface area (Å²) in [6.45, 7) is 1.43. The van der Waals surface area contributed by atoms with Crippen LogP contribution >= 0.6 is 11.8 Å². The van der Waals surface area contributed by atoms with Crippen LogP contribution in [0.15, 0.2) is 67.0 Å². The van der Waals surface area contributed by atoms with E-state index in [9.17, 15) is 14.0 Å². The first-order chi connectivity index (χ1) is 16.5. The minimum atomic E-state index is -0.470. The number of nitrogens with two attached hydrogens (primary N) is 1. The van der Waals surface area contributed by atoms with Gasteiger partial charge in [-0.15, -0.1) is 0 Å². The second-order valence-corrected chi connectivity index (χ2v) is 9.63. The number of aryl methyl sites for hydroxylation is 2. The number of halogens is 1. The van der Waals surface area contributed by atoms with Crippen molar-refractivity contribution in [2.45, 2.75) is 30.6 Å². The fourth-order valence-electron chi connectivity index (χ4n) is 4.04. The van der Waals surface area contributed by atoms with Gasteiger partial charge in [-0.1, -0.05) is 30.0 Å². The number of nitrogens with one attached hydrogen (secondary N) is 2. The second kappa shape index (κ2) is 11.3. The topological polar surface area (TPSA) is 97.1 Å². The molecule has 1 amide bonds. The van der Waals surface area contributed by atoms with Crippen LogP contribution in [0, 0.1) is 5.82 Å². The van der Waals surface area contributed by atoms with Gasteiger partial charge >= 0.3 is 0 Å². The maximum absolute atomic E-state index is 13.1. The lowest BCUT2D eigenvalue weighted by Gasteiger charge is -2.15. The van der Waals surface area contributed by atoms with E-state index in [2.05, 4.69) is 15.6 Å². The van der Waals surface area contributed by atoms with Crippen LogP contribution in [-0.2, 0) is 12.8 Å². The molecule has 2 heterocycles. The summed E-state index contributed by atoms with van der Waals surface area (Å²) >= 11 is 1.35. The Bertz CT molecular complexity index is 1140. The summed E-state index contributed by atoms with van der Waals surface area (Å²) in [6.07, 6.45) is 5.44. The fraction of sp³-hybridized carbons (Fsp3) is 0.269. The van der Waals surface area contributed by atoms with Crippen LogP contribution in [0.4, 0.5) is 10.1 Å². The van der Waals surface area contributed by atoms with Gasteiger partial charge in [0.25, 0.3) is 0 Å². The number of hydrogen-bond acceptors (Lipinski definition) is 6. The number of primary amides is 1. The van der Waals surface area contributed by atoms with E-state index in [1.807, 2.05) is 12.1 Å². The number of nitrogens with zero attached hydrogens (tertiary/aromatic N) is 1. The quantitative estimate of drug-likeness (QED) is 0.433. The van der Waals surface area contributed by atoms with Crippen LogP contribution in [0.5, 0.6) is 0 Å². The van der Waals surface area contributed by atoms with Crippen LogP contribution in [0.25, 0.3) is 0 Å². The average Bonchev–Trinajstić information content (AvgIpc) is 3.30. The molecule has 2 unspecified atom stereocenters. The molecule has 1 saturated heterocycles. The number of thioether (sulfide) groups is 1. The lowest BCUT2D eigenvalue weighted by atomic mass is 9.98. The maximum atomic E-state index is 13.1. The number of carbonyl (C=O) groups excluding carboxylic acids is 2. The van der Waals surface area contributed by atoms with Crippen molar-refractivity contribution < 1.29 is 14.0 Å². The SMILES string of the molecule is NC(=O)c1cc(NCC2CC(SC(=O)c3cccnc3)CN2)ccc1CCc1ccc(F)cc1. The summed E-state index contributed by atoms with van der Waals surface area (Å²) in [6, 6.07) is 15.8. The van der Waals surface area contributed by atoms with Gasteiger partial charge in [-0.25, -0.2) is 4.39 Å². The Morgan fingerprint density at radius 1 is 1.15 bits per heavy atom. The minimum absolute atomic E-state index is 0.0378. The molecule has 1 aliphatic rings. The predicted molar refractivity (Wildman–Crippen MR) is 134 cm³/mol. The molecular formula is C26H27FN4O2S. The zero-order chi connectivity index (χ0) is 23.9. The van der Waals surface area contributed by atoms with E-state index in [4.69, 9.17) is 5.73 Å². The van der Waals surface area contributed by atoms with E-state index in [1.54, 1.807) is 42.7 Å². The lowest BCUT2D eigenvalue weighted by molar-refractivity contribution is 0.0998. The van der Waals surface area contributed by atoms with Gasteiger partial charge < -0.3 is 16.4 Å². The van der Waals surface area contributed by atoms with Gasteiger partial charge in [-0.05, 0) is 66.8 Å². The number of pyridine rings is 1. The molecule has 0 radical (unpaired) electrons. The standard InChI is InChI=1S/C26H27FN4O2S/c27-20-8-4-17(5-9-20)3-6-18-7-10-21(13-24(18)25(28)32)30-15-22-12-23(16-31-22)34-26(33)19-2-1-11-29-14-19/h1-2,4-5,7-11,13-14,22-23,30-31H,3,6,12,15-16H2,(H2,28,32). The molecule has 1 fully saturated rings. The summed E-state index contributed by atoms with van der Waals surface area (Å²) in [4.78, 5) is 28.5. The third kappa shape index (κ3) is 6.42. The van der Waals surface area contributed by atoms with Crippen molar-refractivity contribution >= 4 is 28.5 Å². The van der Waals surface area contributed by atoms with Crippen LogP contribution in [0.3, 0.4) is 0 Å². The molecule has 2 aromatic carbocycles. The number of anilines is 1. The average molecular weight is 479 g/mol. The summed E-state index contributed by atoms with van der Waals surface area (Å²) in [5.74, 6) is -0.735. The third-order valence-corrected chi connectivity index (χ3v) is 7.02. The molecule has 6 nitrogen and oxygen atoms in total. The van der Waals surface area contributed by atoms with E-state index in [-0.39, 0.29) is 22.2 Å². The fourth-order valence-corrected chi connectivity index (χ4v) is 5.10. The summed E-state index contributed by atoms with van der Waals surface area (Å²) in [7, 11) is 0. The first kappa shape index (κ1) is 23.9. The molecule has 176 valence electrons. The largest absolute Gasteiger partial charge is 0.383 e. The number of benzene rings is 2. The molecule has 3 aromatic rings. The minimum Gasteiger partial charge on any atom is -0.383 e. The van der Waals surface area contributed by atoms with Gasteiger partial charge in [-0.3, -0.25) is 14.6 Å². The van der Waals surface area contributed by atoms with E-state index in [1.165, 1.54) is 23.9 Å². The smallest absolute Gasteiger partial charge is 0.249 e. The van der Waals surface area contributed by atoms with Crippen molar-refractivity contribution in [2.75, 3.05) is 18.4 Å². The monoisotopic (exact) mass is 478 g/mol. The number of rotatable bonds is 9. The lowest BCUT2D eigenvalue weighted by Crippen LogP contribution is -2.29. The van der Waals surface area contributed by atoms with Gasteiger partial charge in [0.1, 0.15) is 5.82 Å². The summed E-state index contributed by atoms with van der Waals surface area (Å²) < 4.78 is 13.1. The van der Waals surface area contributed by atoms with E-state index >= 15 is 0 Å². The third-order valence-electron chi connectivity index (χ3n) is 5.88. The molecule has 8 heteroatoms. The van der Waals surface area contributed by atoms with Crippen LogP contribution in [0.1, 0.15) is 38.3 Å². The molecule has 0 saturated carbocycles. The molecule has 1 aromatic heterocycles. The van der Waals surface area contributed by atoms with Crippen molar-refractivity contribution in [3.63, 3.8) is 0 Å². The molecule has 0 aliphatic carbocycles. The van der Waals surface area contributed by atoms with E-state index < -0.39 is 5.91 Å². The number of aromatic nitrogens is 1. The Balaban J connectivity index is 1.29. The first-order valence-corrected chi connectivity index (χ1v) is 12.1. The van der Waals surface area contributed by atoms with Gasteiger partial charge in [0.15, 0.2) is 0 Å². The van der Waals surface area contributed by atoms with Gasteiger partial charge in [0, 0.05) is 53.6 Å². The van der Waals surface area contributed by atoms with Crippen molar-refractivity contribution in [2.24, 2.45) is 5.73 Å². The van der Waals surface area contributed by atoms with Crippen LogP contribution < -0.4 is 16.4 Å². The highest BCUT2D eigenvalue weighted by molar-refractivity contribution is 8.14. The molecular weight excluding hydrogens is 451 g/mol. The molecule has 34 heavy (non-hydrogen) atoms. The van der Waals surface area contributed by atoms with Crippen LogP contribution in [-0.4, -0.2) is 40.4 Å². The molecule has 2 atom stereocenters. The van der Waals surface area contributed by atoms with Gasteiger partial charge in [-0.2, -0.15) is 0 Å². The predicted octanol–water partition coefficient (Wildman–Crippen LogP) is 3.82. The Morgan fingerprint density at radius 3 is 2.71 bits per heavy atom.